The highest BCUT2D eigenvalue weighted by Crippen LogP contribution is 2.46. The summed E-state index contributed by atoms with van der Waals surface area (Å²) in [6.45, 7) is 0. The van der Waals surface area contributed by atoms with E-state index in [1.54, 1.807) is 29.6 Å². The van der Waals surface area contributed by atoms with Gasteiger partial charge in [0.05, 0.1) is 10.1 Å². The number of rotatable bonds is 2. The Balaban J connectivity index is 2.30. The van der Waals surface area contributed by atoms with Gasteiger partial charge in [-0.25, -0.2) is 4.79 Å². The molecule has 1 aliphatic heterocycles. The van der Waals surface area contributed by atoms with Gasteiger partial charge in [-0.1, -0.05) is 0 Å². The van der Waals surface area contributed by atoms with Crippen molar-refractivity contribution in [2.75, 3.05) is 11.5 Å². The number of aromatic hydroxyl groups is 1. The van der Waals surface area contributed by atoms with Crippen LogP contribution in [0.1, 0.15) is 26.9 Å². The maximum Gasteiger partial charge on any atom is 0.335 e. The second-order valence-electron chi connectivity index (χ2n) is 3.51. The average Bonchev–Trinajstić information content (AvgIpc) is 2.30. The first-order chi connectivity index (χ1) is 7.68. The fourth-order valence-corrected chi connectivity index (χ4v) is 4.48. The van der Waals surface area contributed by atoms with Crippen molar-refractivity contribution in [2.24, 2.45) is 0 Å². The molecule has 5 heteroatoms. The Hall–Kier alpha value is -0.810. The molecule has 0 saturated carbocycles. The van der Waals surface area contributed by atoms with Gasteiger partial charge in [-0.05, 0) is 36.1 Å². The van der Waals surface area contributed by atoms with Crippen LogP contribution in [0.15, 0.2) is 18.2 Å². The Morgan fingerprint density at radius 3 is 2.62 bits per heavy atom. The van der Waals surface area contributed by atoms with Crippen molar-refractivity contribution in [3.05, 3.63) is 29.3 Å². The van der Waals surface area contributed by atoms with E-state index < -0.39 is 5.97 Å². The molecule has 0 radical (unpaired) electrons. The molecule has 2 rings (SSSR count). The number of benzene rings is 1. The first-order valence-corrected chi connectivity index (χ1v) is 7.07. The predicted octanol–water partition coefficient (Wildman–Crippen LogP) is 2.96. The molecule has 0 spiro atoms. The molecule has 0 amide bonds. The molecule has 1 aromatic carbocycles. The maximum absolute atomic E-state index is 10.9. The average molecular weight is 256 g/mol. The van der Waals surface area contributed by atoms with Gasteiger partial charge in [-0.3, -0.25) is 0 Å². The van der Waals surface area contributed by atoms with E-state index in [2.05, 4.69) is 0 Å². The van der Waals surface area contributed by atoms with Crippen molar-refractivity contribution >= 4 is 29.5 Å². The molecular formula is C11H12O3S2. The molecule has 1 fully saturated rings. The molecule has 0 atom stereocenters. The normalized spacial score (nSPS) is 17.2. The molecule has 1 aliphatic rings. The third-order valence-electron chi connectivity index (χ3n) is 2.36. The lowest BCUT2D eigenvalue weighted by Gasteiger charge is -2.22. The van der Waals surface area contributed by atoms with Gasteiger partial charge >= 0.3 is 5.97 Å². The van der Waals surface area contributed by atoms with E-state index in [0.29, 0.717) is 0 Å². The quantitative estimate of drug-likeness (QED) is 0.852. The van der Waals surface area contributed by atoms with Gasteiger partial charge in [0.25, 0.3) is 0 Å². The molecule has 3 nitrogen and oxygen atoms in total. The molecule has 1 saturated heterocycles. The second kappa shape index (κ2) is 5.01. The number of carboxylic acids is 1. The molecule has 2 N–H and O–H groups in total. The minimum absolute atomic E-state index is 0.160. The van der Waals surface area contributed by atoms with E-state index >= 15 is 0 Å². The lowest BCUT2D eigenvalue weighted by Crippen LogP contribution is -2.03. The Morgan fingerprint density at radius 2 is 2.00 bits per heavy atom. The molecule has 1 aromatic rings. The van der Waals surface area contributed by atoms with Gasteiger partial charge in [0.15, 0.2) is 0 Å². The van der Waals surface area contributed by atoms with Crippen LogP contribution in [-0.4, -0.2) is 27.7 Å². The Morgan fingerprint density at radius 1 is 1.31 bits per heavy atom. The highest BCUT2D eigenvalue weighted by atomic mass is 32.2. The van der Waals surface area contributed by atoms with Gasteiger partial charge < -0.3 is 10.2 Å². The molecule has 0 aliphatic carbocycles. The van der Waals surface area contributed by atoms with Crippen LogP contribution in [0.5, 0.6) is 5.75 Å². The highest BCUT2D eigenvalue weighted by Gasteiger charge is 2.20. The fraction of sp³-hybridized carbons (Fsp3) is 0.364. The third-order valence-corrected chi connectivity index (χ3v) is 5.33. The van der Waals surface area contributed by atoms with Crippen LogP contribution < -0.4 is 0 Å². The van der Waals surface area contributed by atoms with E-state index in [1.807, 2.05) is 0 Å². The highest BCUT2D eigenvalue weighted by molar-refractivity contribution is 8.16. The lowest BCUT2D eigenvalue weighted by atomic mass is 10.1. The number of hydrogen-bond donors (Lipinski definition) is 2. The van der Waals surface area contributed by atoms with Crippen LogP contribution in [0.4, 0.5) is 0 Å². The molecule has 0 aromatic heterocycles. The third kappa shape index (κ3) is 2.47. The zero-order valence-corrected chi connectivity index (χ0v) is 10.2. The van der Waals surface area contributed by atoms with Crippen LogP contribution in [-0.2, 0) is 0 Å². The Kier molecular flexibility index (Phi) is 3.66. The summed E-state index contributed by atoms with van der Waals surface area (Å²) in [6, 6.07) is 4.47. The van der Waals surface area contributed by atoms with Crippen molar-refractivity contribution in [1.82, 2.24) is 0 Å². The van der Waals surface area contributed by atoms with Gasteiger partial charge in [0.1, 0.15) is 5.75 Å². The minimum Gasteiger partial charge on any atom is -0.508 e. The zero-order chi connectivity index (χ0) is 11.5. The number of phenols is 1. The van der Waals surface area contributed by atoms with Crippen molar-refractivity contribution in [1.29, 1.82) is 0 Å². The fourth-order valence-electron chi connectivity index (χ4n) is 1.54. The zero-order valence-electron chi connectivity index (χ0n) is 8.55. The van der Waals surface area contributed by atoms with Crippen molar-refractivity contribution in [3.8, 4) is 5.75 Å². The minimum atomic E-state index is -0.952. The summed E-state index contributed by atoms with van der Waals surface area (Å²) in [4.78, 5) is 10.9. The SMILES string of the molecule is O=C(O)c1ccc(O)c(C2SCCCS2)c1. The van der Waals surface area contributed by atoms with Crippen molar-refractivity contribution < 1.29 is 15.0 Å². The molecule has 1 heterocycles. The number of hydrogen-bond acceptors (Lipinski definition) is 4. The maximum atomic E-state index is 10.9. The smallest absolute Gasteiger partial charge is 0.335 e. The monoisotopic (exact) mass is 256 g/mol. The first kappa shape index (κ1) is 11.7. The lowest BCUT2D eigenvalue weighted by molar-refractivity contribution is 0.0697. The van der Waals surface area contributed by atoms with Crippen LogP contribution >= 0.6 is 23.5 Å². The number of carboxylic acid groups (broad SMARTS) is 1. The summed E-state index contributed by atoms with van der Waals surface area (Å²) >= 11 is 3.52. The summed E-state index contributed by atoms with van der Waals surface area (Å²) in [6.07, 6.45) is 1.17. The van der Waals surface area contributed by atoms with Crippen LogP contribution in [0, 0.1) is 0 Å². The summed E-state index contributed by atoms with van der Waals surface area (Å²) in [5, 5.41) is 18.7. The summed E-state index contributed by atoms with van der Waals surface area (Å²) in [5.74, 6) is 1.37. The van der Waals surface area contributed by atoms with E-state index in [4.69, 9.17) is 5.11 Å². The van der Waals surface area contributed by atoms with E-state index in [-0.39, 0.29) is 15.9 Å². The Bertz CT molecular complexity index is 400. The summed E-state index contributed by atoms with van der Waals surface area (Å²) in [7, 11) is 0. The largest absolute Gasteiger partial charge is 0.508 e. The standard InChI is InChI=1S/C11H12O3S2/c12-9-3-2-7(10(13)14)6-8(9)11-15-4-1-5-16-11/h2-3,6,11-12H,1,4-5H2,(H,13,14). The van der Waals surface area contributed by atoms with Gasteiger partial charge in [-0.15, -0.1) is 23.5 Å². The van der Waals surface area contributed by atoms with Gasteiger partial charge in [0, 0.05) is 5.56 Å². The molecular weight excluding hydrogens is 244 g/mol. The van der Waals surface area contributed by atoms with E-state index in [9.17, 15) is 9.90 Å². The van der Waals surface area contributed by atoms with E-state index in [1.165, 1.54) is 18.6 Å². The Labute approximate surface area is 102 Å². The molecule has 0 unspecified atom stereocenters. The summed E-state index contributed by atoms with van der Waals surface area (Å²) in [5.41, 5.74) is 0.967. The molecule has 0 bridgehead atoms. The first-order valence-electron chi connectivity index (χ1n) is 4.98. The van der Waals surface area contributed by atoms with Crippen LogP contribution in [0.3, 0.4) is 0 Å². The summed E-state index contributed by atoms with van der Waals surface area (Å²) < 4.78 is 0.160. The number of thioether (sulfide) groups is 2. The topological polar surface area (TPSA) is 57.5 Å². The van der Waals surface area contributed by atoms with Gasteiger partial charge in [-0.2, -0.15) is 0 Å². The van der Waals surface area contributed by atoms with Crippen molar-refractivity contribution in [2.45, 2.75) is 11.0 Å². The molecule has 86 valence electrons. The van der Waals surface area contributed by atoms with E-state index in [0.717, 1.165) is 17.1 Å². The number of phenolic OH excluding ortho intramolecular Hbond substituents is 1. The van der Waals surface area contributed by atoms with Crippen LogP contribution in [0.2, 0.25) is 0 Å². The molecule has 16 heavy (non-hydrogen) atoms. The van der Waals surface area contributed by atoms with Gasteiger partial charge in [0.2, 0.25) is 0 Å². The number of aromatic carboxylic acids is 1. The number of carbonyl (C=O) groups is 1. The van der Waals surface area contributed by atoms with Crippen LogP contribution in [0.25, 0.3) is 0 Å². The van der Waals surface area contributed by atoms with Crippen molar-refractivity contribution in [3.63, 3.8) is 0 Å². The predicted molar refractivity (Wildman–Crippen MR) is 67.3 cm³/mol. The second-order valence-corrected chi connectivity index (χ2v) is 6.23.